The third-order valence-electron chi connectivity index (χ3n) is 5.96. The van der Waals surface area contributed by atoms with Crippen molar-refractivity contribution in [1.82, 2.24) is 0 Å². The van der Waals surface area contributed by atoms with E-state index < -0.39 is 0 Å². The van der Waals surface area contributed by atoms with Gasteiger partial charge in [-0.15, -0.1) is 0 Å². The number of ether oxygens (including phenoxy) is 2. The third kappa shape index (κ3) is 7.96. The average molecular weight is 403 g/mol. The Morgan fingerprint density at radius 3 is 1.79 bits per heavy atom. The summed E-state index contributed by atoms with van der Waals surface area (Å²) < 4.78 is 12.8. The van der Waals surface area contributed by atoms with Crippen molar-refractivity contribution in [3.63, 3.8) is 0 Å². The molecule has 0 N–H and O–H groups in total. The van der Waals surface area contributed by atoms with E-state index in [4.69, 9.17) is 9.47 Å². The second kappa shape index (κ2) is 9.41. The zero-order chi connectivity index (χ0) is 21.9. The molecule has 2 unspecified atom stereocenters. The van der Waals surface area contributed by atoms with Crippen molar-refractivity contribution in [3.8, 4) is 5.75 Å². The lowest BCUT2D eigenvalue weighted by molar-refractivity contribution is -0.177. The van der Waals surface area contributed by atoms with Crippen LogP contribution in [-0.2, 0) is 4.74 Å². The van der Waals surface area contributed by atoms with Crippen LogP contribution in [0.15, 0.2) is 24.3 Å². The van der Waals surface area contributed by atoms with Crippen LogP contribution in [0.5, 0.6) is 5.75 Å². The lowest BCUT2D eigenvalue weighted by Gasteiger charge is -2.37. The Kier molecular flexibility index (Phi) is 7.87. The summed E-state index contributed by atoms with van der Waals surface area (Å²) in [5.41, 5.74) is 1.88. The molecule has 1 saturated carbocycles. The second-order valence-corrected chi connectivity index (χ2v) is 12.5. The van der Waals surface area contributed by atoms with Gasteiger partial charge in [0.05, 0.1) is 6.10 Å². The molecule has 0 aliphatic heterocycles. The van der Waals surface area contributed by atoms with Gasteiger partial charge >= 0.3 is 0 Å². The smallest absolute Gasteiger partial charge is 0.204 e. The molecule has 2 atom stereocenters. The Morgan fingerprint density at radius 1 is 0.793 bits per heavy atom. The Morgan fingerprint density at radius 2 is 1.34 bits per heavy atom. The molecule has 1 aliphatic carbocycles. The predicted octanol–water partition coefficient (Wildman–Crippen LogP) is 8.35. The number of hydrogen-bond acceptors (Lipinski definition) is 2. The van der Waals surface area contributed by atoms with Crippen LogP contribution in [0.3, 0.4) is 0 Å². The average Bonchev–Trinajstić information content (AvgIpc) is 2.58. The van der Waals surface area contributed by atoms with E-state index in [9.17, 15) is 0 Å². The summed E-state index contributed by atoms with van der Waals surface area (Å²) in [6, 6.07) is 8.80. The van der Waals surface area contributed by atoms with Gasteiger partial charge in [-0.3, -0.25) is 0 Å². The first-order valence-corrected chi connectivity index (χ1v) is 11.7. The number of benzene rings is 1. The molecule has 0 bridgehead atoms. The summed E-state index contributed by atoms with van der Waals surface area (Å²) in [6.45, 7) is 20.7. The summed E-state index contributed by atoms with van der Waals surface area (Å²) in [7, 11) is 0. The molecule has 0 amide bonds. The molecule has 1 fully saturated rings. The normalized spacial score (nSPS) is 19.1. The van der Waals surface area contributed by atoms with E-state index in [0.29, 0.717) is 17.4 Å². The molecule has 2 rings (SSSR count). The molecule has 0 heterocycles. The van der Waals surface area contributed by atoms with Gasteiger partial charge in [0.15, 0.2) is 0 Å². The van der Waals surface area contributed by atoms with E-state index in [-0.39, 0.29) is 17.1 Å². The van der Waals surface area contributed by atoms with Gasteiger partial charge in [-0.05, 0) is 53.7 Å². The Hall–Kier alpha value is -1.02. The molecule has 0 aromatic heterocycles. The van der Waals surface area contributed by atoms with Gasteiger partial charge in [0.1, 0.15) is 5.75 Å². The molecule has 2 heteroatoms. The van der Waals surface area contributed by atoms with Crippen LogP contribution in [0, 0.1) is 16.2 Å². The maximum atomic E-state index is 6.44. The minimum atomic E-state index is -0.218. The lowest BCUT2D eigenvalue weighted by Crippen LogP contribution is -2.38. The van der Waals surface area contributed by atoms with Crippen LogP contribution in [0.4, 0.5) is 0 Å². The zero-order valence-electron chi connectivity index (χ0n) is 20.6. The van der Waals surface area contributed by atoms with E-state index in [0.717, 1.165) is 18.6 Å². The fourth-order valence-corrected chi connectivity index (χ4v) is 4.22. The minimum absolute atomic E-state index is 0.0592. The van der Waals surface area contributed by atoms with Gasteiger partial charge < -0.3 is 9.47 Å². The molecule has 1 aliphatic rings. The van der Waals surface area contributed by atoms with Gasteiger partial charge in [-0.2, -0.15) is 0 Å². The molecule has 2 nitrogen and oxygen atoms in total. The van der Waals surface area contributed by atoms with Gasteiger partial charge in [-0.1, -0.05) is 93.7 Å². The van der Waals surface area contributed by atoms with Crippen molar-refractivity contribution in [3.05, 3.63) is 29.8 Å². The Labute approximate surface area is 180 Å². The second-order valence-electron chi connectivity index (χ2n) is 12.5. The molecular formula is C27H46O2. The maximum Gasteiger partial charge on any atom is 0.204 e. The minimum Gasteiger partial charge on any atom is -0.464 e. The number of hydrogen-bond donors (Lipinski definition) is 0. The van der Waals surface area contributed by atoms with E-state index in [1.807, 2.05) is 0 Å². The number of rotatable bonds is 6. The molecule has 1 aromatic rings. The predicted molar refractivity (Wildman–Crippen MR) is 125 cm³/mol. The highest BCUT2D eigenvalue weighted by Gasteiger charge is 2.32. The summed E-state index contributed by atoms with van der Waals surface area (Å²) >= 11 is 0. The van der Waals surface area contributed by atoms with E-state index >= 15 is 0 Å². The molecule has 29 heavy (non-hydrogen) atoms. The summed E-state index contributed by atoms with van der Waals surface area (Å²) in [6.07, 6.45) is 7.51. The van der Waals surface area contributed by atoms with Gasteiger partial charge in [0.2, 0.25) is 6.29 Å². The molecule has 1 aromatic carbocycles. The van der Waals surface area contributed by atoms with Gasteiger partial charge in [0.25, 0.3) is 0 Å². The highest BCUT2D eigenvalue weighted by atomic mass is 16.7. The van der Waals surface area contributed by atoms with Crippen LogP contribution in [0.25, 0.3) is 0 Å². The molecule has 0 spiro atoms. The Balaban J connectivity index is 2.13. The van der Waals surface area contributed by atoms with Crippen molar-refractivity contribution in [2.45, 2.75) is 119 Å². The largest absolute Gasteiger partial charge is 0.464 e. The first kappa shape index (κ1) is 24.3. The fraction of sp³-hybridized carbons (Fsp3) is 0.778. The first-order chi connectivity index (χ1) is 13.3. The zero-order valence-corrected chi connectivity index (χ0v) is 20.6. The van der Waals surface area contributed by atoms with Crippen molar-refractivity contribution in [2.75, 3.05) is 0 Å². The SMILES string of the molecule is CC(C)(C)CC(c1ccc(OC(OC2CCCCC2)C(C)(C)C)cc1)C(C)(C)C. The summed E-state index contributed by atoms with van der Waals surface area (Å²) in [5.74, 6) is 1.43. The van der Waals surface area contributed by atoms with Crippen molar-refractivity contribution in [2.24, 2.45) is 16.2 Å². The lowest BCUT2D eigenvalue weighted by atomic mass is 9.69. The molecular weight excluding hydrogens is 356 g/mol. The quantitative estimate of drug-likeness (QED) is 0.445. The van der Waals surface area contributed by atoms with Crippen molar-refractivity contribution < 1.29 is 9.47 Å². The van der Waals surface area contributed by atoms with Crippen LogP contribution >= 0.6 is 0 Å². The van der Waals surface area contributed by atoms with Crippen LogP contribution in [0.1, 0.15) is 112 Å². The monoisotopic (exact) mass is 402 g/mol. The Bertz CT molecular complexity index is 604. The maximum absolute atomic E-state index is 6.44. The summed E-state index contributed by atoms with van der Waals surface area (Å²) in [4.78, 5) is 0. The van der Waals surface area contributed by atoms with Crippen LogP contribution in [0.2, 0.25) is 0 Å². The third-order valence-corrected chi connectivity index (χ3v) is 5.96. The molecule has 166 valence electrons. The van der Waals surface area contributed by atoms with Gasteiger partial charge in [-0.25, -0.2) is 0 Å². The van der Waals surface area contributed by atoms with E-state index in [2.05, 4.69) is 86.6 Å². The standard InChI is InChI=1S/C27H46O2/c1-25(2,3)19-23(26(4,5)6)20-15-17-22(18-16-20)29-24(27(7,8)9)28-21-13-11-10-12-14-21/h15-18,21,23-24H,10-14,19H2,1-9H3. The van der Waals surface area contributed by atoms with Crippen molar-refractivity contribution in [1.29, 1.82) is 0 Å². The van der Waals surface area contributed by atoms with Gasteiger partial charge in [0, 0.05) is 5.41 Å². The van der Waals surface area contributed by atoms with Crippen LogP contribution in [-0.4, -0.2) is 12.4 Å². The van der Waals surface area contributed by atoms with E-state index in [1.54, 1.807) is 0 Å². The van der Waals surface area contributed by atoms with Crippen LogP contribution < -0.4 is 4.74 Å². The van der Waals surface area contributed by atoms with Crippen molar-refractivity contribution >= 4 is 0 Å². The molecule has 0 saturated heterocycles. The highest BCUT2D eigenvalue weighted by molar-refractivity contribution is 5.30. The molecule has 0 radical (unpaired) electrons. The highest BCUT2D eigenvalue weighted by Crippen LogP contribution is 2.43. The fourth-order valence-electron chi connectivity index (χ4n) is 4.22. The van der Waals surface area contributed by atoms with E-state index in [1.165, 1.54) is 31.2 Å². The topological polar surface area (TPSA) is 18.5 Å². The summed E-state index contributed by atoms with van der Waals surface area (Å²) in [5, 5.41) is 0. The first-order valence-electron chi connectivity index (χ1n) is 11.7.